The molecule has 1 heterocycles. The Balaban J connectivity index is 1.85. The van der Waals surface area contributed by atoms with Crippen LogP contribution in [0, 0.1) is 5.82 Å². The third-order valence-electron chi connectivity index (χ3n) is 3.35. The third-order valence-corrected chi connectivity index (χ3v) is 3.35. The first-order valence-electron chi connectivity index (χ1n) is 7.08. The number of amides is 1. The van der Waals surface area contributed by atoms with Crippen molar-refractivity contribution in [1.29, 1.82) is 0 Å². The number of hydrogen-bond donors (Lipinski definition) is 1. The molecular weight excluding hydrogens is 289 g/mol. The first-order chi connectivity index (χ1) is 10.5. The van der Waals surface area contributed by atoms with Gasteiger partial charge in [0.15, 0.2) is 0 Å². The molecule has 0 radical (unpaired) electrons. The molecule has 1 fully saturated rings. The van der Waals surface area contributed by atoms with Crippen molar-refractivity contribution in [2.45, 2.75) is 18.9 Å². The van der Waals surface area contributed by atoms with Crippen LogP contribution in [-0.2, 0) is 14.3 Å². The minimum Gasteiger partial charge on any atom is -0.481 e. The predicted molar refractivity (Wildman–Crippen MR) is 78.6 cm³/mol. The second kappa shape index (κ2) is 7.70. The van der Waals surface area contributed by atoms with Gasteiger partial charge in [-0.25, -0.2) is 4.39 Å². The van der Waals surface area contributed by atoms with Crippen LogP contribution in [0.15, 0.2) is 30.3 Å². The van der Waals surface area contributed by atoms with Gasteiger partial charge in [-0.1, -0.05) is 24.3 Å². The van der Waals surface area contributed by atoms with E-state index in [1.54, 1.807) is 29.2 Å². The molecule has 22 heavy (non-hydrogen) atoms. The van der Waals surface area contributed by atoms with E-state index in [2.05, 4.69) is 0 Å². The van der Waals surface area contributed by atoms with Crippen molar-refractivity contribution < 1.29 is 23.8 Å². The molecule has 0 bridgehead atoms. The summed E-state index contributed by atoms with van der Waals surface area (Å²) in [6.45, 7) is 1.10. The Morgan fingerprint density at radius 2 is 2.27 bits per heavy atom. The van der Waals surface area contributed by atoms with Gasteiger partial charge in [0.25, 0.3) is 0 Å². The van der Waals surface area contributed by atoms with Gasteiger partial charge in [-0.05, 0) is 17.7 Å². The molecule has 1 amide bonds. The van der Waals surface area contributed by atoms with Crippen LogP contribution in [0.2, 0.25) is 0 Å². The highest BCUT2D eigenvalue weighted by molar-refractivity contribution is 5.79. The molecule has 0 aliphatic carbocycles. The van der Waals surface area contributed by atoms with Crippen molar-refractivity contribution in [2.24, 2.45) is 0 Å². The number of halogens is 1. The van der Waals surface area contributed by atoms with Gasteiger partial charge in [0, 0.05) is 19.5 Å². The SMILES string of the molecule is O=C(O)CC1CN(C(=O)C/C=C/c2cccc(F)c2)CCO1. The summed E-state index contributed by atoms with van der Waals surface area (Å²) in [5.74, 6) is -1.35. The van der Waals surface area contributed by atoms with Crippen molar-refractivity contribution in [3.8, 4) is 0 Å². The van der Waals surface area contributed by atoms with E-state index < -0.39 is 12.1 Å². The highest BCUT2D eigenvalue weighted by Crippen LogP contribution is 2.11. The van der Waals surface area contributed by atoms with Gasteiger partial charge in [0.1, 0.15) is 5.82 Å². The lowest BCUT2D eigenvalue weighted by atomic mass is 10.1. The monoisotopic (exact) mass is 307 g/mol. The summed E-state index contributed by atoms with van der Waals surface area (Å²) in [7, 11) is 0. The van der Waals surface area contributed by atoms with Crippen molar-refractivity contribution in [2.75, 3.05) is 19.7 Å². The minimum atomic E-state index is -0.940. The molecule has 1 aliphatic rings. The molecule has 118 valence electrons. The van der Waals surface area contributed by atoms with E-state index in [0.717, 1.165) is 0 Å². The summed E-state index contributed by atoms with van der Waals surface area (Å²) >= 11 is 0. The molecule has 2 rings (SSSR count). The van der Waals surface area contributed by atoms with Gasteiger partial charge in [0.05, 0.1) is 19.1 Å². The molecule has 1 saturated heterocycles. The van der Waals surface area contributed by atoms with Gasteiger partial charge < -0.3 is 14.7 Å². The van der Waals surface area contributed by atoms with Crippen molar-refractivity contribution in [3.05, 3.63) is 41.7 Å². The number of carboxylic acids is 1. The van der Waals surface area contributed by atoms with E-state index in [1.165, 1.54) is 12.1 Å². The zero-order valence-corrected chi connectivity index (χ0v) is 12.1. The summed E-state index contributed by atoms with van der Waals surface area (Å²) in [6, 6.07) is 6.11. The number of ether oxygens (including phenoxy) is 1. The molecule has 1 N–H and O–H groups in total. The Morgan fingerprint density at radius 1 is 1.45 bits per heavy atom. The highest BCUT2D eigenvalue weighted by Gasteiger charge is 2.25. The summed E-state index contributed by atoms with van der Waals surface area (Å²) in [4.78, 5) is 24.4. The van der Waals surface area contributed by atoms with Crippen LogP contribution < -0.4 is 0 Å². The molecule has 1 atom stereocenters. The van der Waals surface area contributed by atoms with Crippen LogP contribution >= 0.6 is 0 Å². The Morgan fingerprint density at radius 3 is 3.00 bits per heavy atom. The number of benzene rings is 1. The second-order valence-corrected chi connectivity index (χ2v) is 5.09. The molecule has 6 heteroatoms. The zero-order valence-electron chi connectivity index (χ0n) is 12.1. The van der Waals surface area contributed by atoms with Gasteiger partial charge >= 0.3 is 5.97 Å². The van der Waals surface area contributed by atoms with E-state index in [-0.39, 0.29) is 24.6 Å². The molecular formula is C16H18FNO4. The molecule has 1 aromatic rings. The number of carboxylic acid groups (broad SMARTS) is 1. The van der Waals surface area contributed by atoms with E-state index in [9.17, 15) is 14.0 Å². The largest absolute Gasteiger partial charge is 0.481 e. The molecule has 0 saturated carbocycles. The van der Waals surface area contributed by atoms with E-state index in [4.69, 9.17) is 9.84 Å². The number of carbonyl (C=O) groups is 2. The van der Waals surface area contributed by atoms with Crippen molar-refractivity contribution >= 4 is 18.0 Å². The molecule has 1 aromatic carbocycles. The Labute approximate surface area is 128 Å². The lowest BCUT2D eigenvalue weighted by Crippen LogP contribution is -2.46. The molecule has 5 nitrogen and oxygen atoms in total. The van der Waals surface area contributed by atoms with E-state index >= 15 is 0 Å². The first kappa shape index (κ1) is 16.2. The van der Waals surface area contributed by atoms with Gasteiger partial charge in [-0.2, -0.15) is 0 Å². The highest BCUT2D eigenvalue weighted by atomic mass is 19.1. The van der Waals surface area contributed by atoms with Crippen molar-refractivity contribution in [3.63, 3.8) is 0 Å². The maximum Gasteiger partial charge on any atom is 0.306 e. The van der Waals surface area contributed by atoms with Crippen molar-refractivity contribution in [1.82, 2.24) is 4.90 Å². The van der Waals surface area contributed by atoms with Crippen LogP contribution in [0.3, 0.4) is 0 Å². The smallest absolute Gasteiger partial charge is 0.306 e. The number of nitrogens with zero attached hydrogens (tertiary/aromatic N) is 1. The summed E-state index contributed by atoms with van der Waals surface area (Å²) in [5.41, 5.74) is 0.693. The maximum absolute atomic E-state index is 13.0. The molecule has 1 aliphatic heterocycles. The molecule has 1 unspecified atom stereocenters. The van der Waals surface area contributed by atoms with E-state index in [1.807, 2.05) is 0 Å². The zero-order chi connectivity index (χ0) is 15.9. The van der Waals surface area contributed by atoms with Gasteiger partial charge in [-0.15, -0.1) is 0 Å². The third kappa shape index (κ3) is 4.96. The van der Waals surface area contributed by atoms with Gasteiger partial charge in [-0.3, -0.25) is 9.59 Å². The molecule has 0 spiro atoms. The second-order valence-electron chi connectivity index (χ2n) is 5.09. The number of aliphatic carboxylic acids is 1. The van der Waals surface area contributed by atoms with Crippen LogP contribution in [0.5, 0.6) is 0 Å². The topological polar surface area (TPSA) is 66.8 Å². The number of hydrogen-bond acceptors (Lipinski definition) is 3. The average molecular weight is 307 g/mol. The number of carbonyl (C=O) groups excluding carboxylic acids is 1. The van der Waals surface area contributed by atoms with Crippen LogP contribution in [0.25, 0.3) is 6.08 Å². The standard InChI is InChI=1S/C16H18FNO4/c17-13-5-1-3-12(9-13)4-2-6-15(19)18-7-8-22-14(11-18)10-16(20)21/h1-5,9,14H,6-8,10-11H2,(H,20,21)/b4-2+. The maximum atomic E-state index is 13.0. The van der Waals surface area contributed by atoms with E-state index in [0.29, 0.717) is 25.3 Å². The van der Waals surface area contributed by atoms with Crippen LogP contribution in [0.4, 0.5) is 4.39 Å². The quantitative estimate of drug-likeness (QED) is 0.902. The Kier molecular flexibility index (Phi) is 5.66. The summed E-state index contributed by atoms with van der Waals surface area (Å²) in [6.07, 6.45) is 3.00. The van der Waals surface area contributed by atoms with Gasteiger partial charge in [0.2, 0.25) is 5.91 Å². The molecule has 0 aromatic heterocycles. The minimum absolute atomic E-state index is 0.0914. The lowest BCUT2D eigenvalue weighted by Gasteiger charge is -2.32. The summed E-state index contributed by atoms with van der Waals surface area (Å²) in [5, 5.41) is 8.76. The average Bonchev–Trinajstić information content (AvgIpc) is 2.47. The Bertz CT molecular complexity index is 573. The summed E-state index contributed by atoms with van der Waals surface area (Å²) < 4.78 is 18.3. The number of rotatable bonds is 5. The van der Waals surface area contributed by atoms with Crippen LogP contribution in [0.1, 0.15) is 18.4 Å². The Hall–Kier alpha value is -2.21. The van der Waals surface area contributed by atoms with Crippen LogP contribution in [-0.4, -0.2) is 47.7 Å². The normalized spacial score (nSPS) is 18.6. The predicted octanol–water partition coefficient (Wildman–Crippen LogP) is 1.93. The fourth-order valence-corrected chi connectivity index (χ4v) is 2.30. The fourth-order valence-electron chi connectivity index (χ4n) is 2.30. The number of morpholine rings is 1. The fraction of sp³-hybridized carbons (Fsp3) is 0.375. The lowest BCUT2D eigenvalue weighted by molar-refractivity contribution is -0.147. The first-order valence-corrected chi connectivity index (χ1v) is 7.08.